The Morgan fingerprint density at radius 3 is 2.50 bits per heavy atom. The van der Waals surface area contributed by atoms with E-state index in [2.05, 4.69) is 60.8 Å². The first kappa shape index (κ1) is 14.6. The molecule has 0 aliphatic rings. The molecule has 0 atom stereocenters. The van der Waals surface area contributed by atoms with Crippen LogP contribution in [0.1, 0.15) is 16.7 Å². The smallest absolute Gasteiger partial charge is 0.156 e. The number of hydrogen-bond acceptors (Lipinski definition) is 3. The van der Waals surface area contributed by atoms with E-state index >= 15 is 0 Å². The van der Waals surface area contributed by atoms with Crippen molar-refractivity contribution in [1.29, 1.82) is 0 Å². The number of rotatable bonds is 3. The number of furan rings is 1. The molecule has 0 amide bonds. The molecule has 0 aliphatic carbocycles. The third-order valence-corrected chi connectivity index (χ3v) is 4.26. The Morgan fingerprint density at radius 1 is 1.00 bits per heavy atom. The van der Waals surface area contributed by atoms with Crippen molar-refractivity contribution < 1.29 is 4.42 Å². The highest BCUT2D eigenvalue weighted by Gasteiger charge is 2.17. The third-order valence-electron chi connectivity index (χ3n) is 4.26. The highest BCUT2D eigenvalue weighted by atomic mass is 16.3. The summed E-state index contributed by atoms with van der Waals surface area (Å²) in [5, 5.41) is 3.58. The minimum absolute atomic E-state index is 0.755. The summed E-state index contributed by atoms with van der Waals surface area (Å²) >= 11 is 0. The van der Waals surface area contributed by atoms with Crippen LogP contribution in [0.4, 0.5) is 11.5 Å². The number of benzene rings is 1. The van der Waals surface area contributed by atoms with Crippen molar-refractivity contribution in [3.05, 3.63) is 71.6 Å². The predicted molar refractivity (Wildman–Crippen MR) is 96.8 cm³/mol. The van der Waals surface area contributed by atoms with Gasteiger partial charge in [-0.2, -0.15) is 0 Å². The fraction of sp³-hybridized carbons (Fsp3) is 0.150. The zero-order chi connectivity index (χ0) is 16.7. The monoisotopic (exact) mass is 317 g/mol. The van der Waals surface area contributed by atoms with E-state index in [4.69, 9.17) is 9.40 Å². The number of anilines is 2. The Morgan fingerprint density at radius 2 is 1.79 bits per heavy atom. The number of hydrogen-bond donors (Lipinski definition) is 1. The van der Waals surface area contributed by atoms with E-state index in [0.29, 0.717) is 0 Å². The number of fused-ring (bicyclic) bond motifs is 1. The summed E-state index contributed by atoms with van der Waals surface area (Å²) in [6.45, 7) is 6.28. The molecule has 0 saturated heterocycles. The normalized spacial score (nSPS) is 11.1. The summed E-state index contributed by atoms with van der Waals surface area (Å²) in [4.78, 5) is 4.78. The zero-order valence-corrected chi connectivity index (χ0v) is 14.0. The minimum atomic E-state index is 0.755. The van der Waals surface area contributed by atoms with Crippen LogP contribution in [0.5, 0.6) is 0 Å². The number of aromatic nitrogens is 2. The van der Waals surface area contributed by atoms with E-state index in [0.717, 1.165) is 28.6 Å². The molecule has 0 unspecified atom stereocenters. The average Bonchev–Trinajstić information content (AvgIpc) is 3.18. The van der Waals surface area contributed by atoms with Crippen molar-refractivity contribution in [2.75, 3.05) is 5.32 Å². The average molecular weight is 317 g/mol. The number of para-hydroxylation sites is 1. The number of imidazole rings is 1. The first-order valence-corrected chi connectivity index (χ1v) is 7.99. The fourth-order valence-corrected chi connectivity index (χ4v) is 2.98. The van der Waals surface area contributed by atoms with Gasteiger partial charge in [0.25, 0.3) is 0 Å². The predicted octanol–water partition coefficient (Wildman–Crippen LogP) is 5.26. The van der Waals surface area contributed by atoms with Crippen molar-refractivity contribution in [1.82, 2.24) is 9.38 Å². The van der Waals surface area contributed by atoms with Gasteiger partial charge in [-0.15, -0.1) is 0 Å². The second-order valence-electron chi connectivity index (χ2n) is 6.11. The lowest BCUT2D eigenvalue weighted by atomic mass is 10.1. The first-order chi connectivity index (χ1) is 11.6. The molecular formula is C20H19N3O. The van der Waals surface area contributed by atoms with Crippen LogP contribution in [-0.4, -0.2) is 9.38 Å². The lowest BCUT2D eigenvalue weighted by molar-refractivity contribution is 0.581. The SMILES string of the molecule is Cc1ccn2c(Nc3c(C)cccc3C)c(-c3ccco3)nc2c1. The van der Waals surface area contributed by atoms with Crippen LogP contribution in [0.2, 0.25) is 0 Å². The van der Waals surface area contributed by atoms with E-state index in [1.807, 2.05) is 18.3 Å². The van der Waals surface area contributed by atoms with Crippen molar-refractivity contribution in [3.63, 3.8) is 0 Å². The molecule has 0 aliphatic heterocycles. The summed E-state index contributed by atoms with van der Waals surface area (Å²) in [5.41, 5.74) is 6.39. The van der Waals surface area contributed by atoms with E-state index in [1.54, 1.807) is 6.26 Å². The maximum atomic E-state index is 5.60. The second-order valence-corrected chi connectivity index (χ2v) is 6.11. The zero-order valence-electron chi connectivity index (χ0n) is 14.0. The van der Waals surface area contributed by atoms with Crippen LogP contribution in [0.3, 0.4) is 0 Å². The molecule has 4 nitrogen and oxygen atoms in total. The van der Waals surface area contributed by atoms with Crippen LogP contribution in [0.25, 0.3) is 17.1 Å². The van der Waals surface area contributed by atoms with Crippen LogP contribution in [0.15, 0.2) is 59.3 Å². The Hall–Kier alpha value is -3.01. The number of nitrogens with one attached hydrogen (secondary N) is 1. The molecule has 0 radical (unpaired) electrons. The Balaban J connectivity index is 1.94. The summed E-state index contributed by atoms with van der Waals surface area (Å²) in [6.07, 6.45) is 3.72. The molecule has 120 valence electrons. The molecule has 24 heavy (non-hydrogen) atoms. The highest BCUT2D eigenvalue weighted by Crippen LogP contribution is 2.33. The van der Waals surface area contributed by atoms with Gasteiger partial charge in [0.2, 0.25) is 0 Å². The molecule has 3 aromatic heterocycles. The summed E-state index contributed by atoms with van der Waals surface area (Å²) in [5.74, 6) is 1.67. The van der Waals surface area contributed by atoms with Gasteiger partial charge in [0.05, 0.1) is 6.26 Å². The molecule has 1 N–H and O–H groups in total. The molecule has 4 rings (SSSR count). The Kier molecular flexibility index (Phi) is 3.38. The van der Waals surface area contributed by atoms with Crippen molar-refractivity contribution in [2.24, 2.45) is 0 Å². The molecule has 0 fully saturated rings. The molecule has 3 heterocycles. The van der Waals surface area contributed by atoms with Gasteiger partial charge in [0.15, 0.2) is 5.76 Å². The first-order valence-electron chi connectivity index (χ1n) is 7.99. The Labute approximate surface area is 140 Å². The molecule has 4 aromatic rings. The Bertz CT molecular complexity index is 993. The highest BCUT2D eigenvalue weighted by molar-refractivity contribution is 5.79. The summed E-state index contributed by atoms with van der Waals surface area (Å²) < 4.78 is 7.67. The molecule has 1 aromatic carbocycles. The van der Waals surface area contributed by atoms with Crippen molar-refractivity contribution in [2.45, 2.75) is 20.8 Å². The van der Waals surface area contributed by atoms with Gasteiger partial charge in [0, 0.05) is 11.9 Å². The molecule has 0 saturated carbocycles. The third kappa shape index (κ3) is 2.36. The van der Waals surface area contributed by atoms with Gasteiger partial charge in [0.1, 0.15) is 17.2 Å². The fourth-order valence-electron chi connectivity index (χ4n) is 2.98. The van der Waals surface area contributed by atoms with E-state index in [-0.39, 0.29) is 0 Å². The number of nitrogens with zero attached hydrogens (tertiary/aromatic N) is 2. The summed E-state index contributed by atoms with van der Waals surface area (Å²) in [6, 6.07) is 14.3. The quantitative estimate of drug-likeness (QED) is 0.560. The van der Waals surface area contributed by atoms with Crippen molar-refractivity contribution in [3.8, 4) is 11.5 Å². The lowest BCUT2D eigenvalue weighted by Gasteiger charge is -2.13. The number of pyridine rings is 1. The molecule has 4 heteroatoms. The van der Waals surface area contributed by atoms with Crippen LogP contribution in [-0.2, 0) is 0 Å². The second kappa shape index (κ2) is 5.57. The molecular weight excluding hydrogens is 298 g/mol. The van der Waals surface area contributed by atoms with Gasteiger partial charge in [-0.25, -0.2) is 4.98 Å². The minimum Gasteiger partial charge on any atom is -0.463 e. The topological polar surface area (TPSA) is 42.5 Å². The van der Waals surface area contributed by atoms with Gasteiger partial charge in [-0.1, -0.05) is 18.2 Å². The van der Waals surface area contributed by atoms with Crippen LogP contribution < -0.4 is 5.32 Å². The largest absolute Gasteiger partial charge is 0.463 e. The lowest BCUT2D eigenvalue weighted by Crippen LogP contribution is -2.00. The molecule has 0 spiro atoms. The van der Waals surface area contributed by atoms with E-state index in [1.165, 1.54) is 16.7 Å². The summed E-state index contributed by atoms with van der Waals surface area (Å²) in [7, 11) is 0. The number of aryl methyl sites for hydroxylation is 3. The standard InChI is InChI=1S/C20H19N3O/c1-13-9-10-23-17(12-13)21-19(16-8-5-11-24-16)20(23)22-18-14(2)6-4-7-15(18)3/h4-12,22H,1-3H3. The van der Waals surface area contributed by atoms with Crippen molar-refractivity contribution >= 4 is 17.2 Å². The maximum Gasteiger partial charge on any atom is 0.156 e. The van der Waals surface area contributed by atoms with E-state index in [9.17, 15) is 0 Å². The molecule has 0 bridgehead atoms. The van der Waals surface area contributed by atoms with Gasteiger partial charge in [-0.3, -0.25) is 4.40 Å². The van der Waals surface area contributed by atoms with Gasteiger partial charge >= 0.3 is 0 Å². The van der Waals surface area contributed by atoms with Crippen LogP contribution in [0, 0.1) is 20.8 Å². The van der Waals surface area contributed by atoms with Gasteiger partial charge < -0.3 is 9.73 Å². The maximum absolute atomic E-state index is 5.60. The van der Waals surface area contributed by atoms with Crippen LogP contribution >= 0.6 is 0 Å². The van der Waals surface area contributed by atoms with Gasteiger partial charge in [-0.05, 0) is 61.7 Å². The van der Waals surface area contributed by atoms with E-state index < -0.39 is 0 Å².